The van der Waals surface area contributed by atoms with Crippen molar-refractivity contribution in [2.75, 3.05) is 0 Å². The summed E-state index contributed by atoms with van der Waals surface area (Å²) < 4.78 is 42.2. The van der Waals surface area contributed by atoms with Gasteiger partial charge in [-0.2, -0.15) is 13.2 Å². The van der Waals surface area contributed by atoms with Gasteiger partial charge in [0.25, 0.3) is 5.91 Å². The number of nitrogens with one attached hydrogen (secondary N) is 1. The molecule has 146 valence electrons. The SMILES string of the molecule is O=C(NC(c1ccccn1)C(F)(F)F)c1nc(-c2ccncc2)c2ccccn12. The first kappa shape index (κ1) is 18.6. The average Bonchev–Trinajstić information content (AvgIpc) is 3.12. The van der Waals surface area contributed by atoms with E-state index >= 15 is 0 Å². The molecule has 1 amide bonds. The van der Waals surface area contributed by atoms with Gasteiger partial charge in [0.2, 0.25) is 5.82 Å². The van der Waals surface area contributed by atoms with Gasteiger partial charge in [-0.25, -0.2) is 4.98 Å². The minimum atomic E-state index is -4.72. The first-order valence-electron chi connectivity index (χ1n) is 8.61. The number of fused-ring (bicyclic) bond motifs is 1. The van der Waals surface area contributed by atoms with Crippen molar-refractivity contribution in [3.05, 3.63) is 84.8 Å². The van der Waals surface area contributed by atoms with Crippen LogP contribution in [0.3, 0.4) is 0 Å². The monoisotopic (exact) mass is 397 g/mol. The molecular weight excluding hydrogens is 383 g/mol. The van der Waals surface area contributed by atoms with Crippen LogP contribution < -0.4 is 5.32 Å². The van der Waals surface area contributed by atoms with Crippen LogP contribution in [-0.2, 0) is 0 Å². The Morgan fingerprint density at radius 2 is 1.76 bits per heavy atom. The minimum absolute atomic E-state index is 0.155. The van der Waals surface area contributed by atoms with Gasteiger partial charge in [-0.3, -0.25) is 19.2 Å². The zero-order valence-corrected chi connectivity index (χ0v) is 14.8. The molecule has 0 radical (unpaired) electrons. The Hall–Kier alpha value is -3.75. The number of halogens is 3. The van der Waals surface area contributed by atoms with Crippen LogP contribution >= 0.6 is 0 Å². The molecule has 0 fully saturated rings. The number of hydrogen-bond donors (Lipinski definition) is 1. The number of rotatable bonds is 4. The summed E-state index contributed by atoms with van der Waals surface area (Å²) in [6.07, 6.45) is 1.25. The fourth-order valence-corrected chi connectivity index (χ4v) is 2.99. The van der Waals surface area contributed by atoms with Crippen LogP contribution in [0.25, 0.3) is 16.8 Å². The molecule has 29 heavy (non-hydrogen) atoms. The number of aromatic nitrogens is 4. The Bertz CT molecular complexity index is 1140. The topological polar surface area (TPSA) is 72.2 Å². The molecule has 0 aromatic carbocycles. The number of imidazole rings is 1. The van der Waals surface area contributed by atoms with Gasteiger partial charge >= 0.3 is 6.18 Å². The third-order valence-corrected chi connectivity index (χ3v) is 4.29. The second-order valence-electron chi connectivity index (χ2n) is 6.18. The fourth-order valence-electron chi connectivity index (χ4n) is 2.99. The minimum Gasteiger partial charge on any atom is -0.333 e. The second-order valence-corrected chi connectivity index (χ2v) is 6.18. The van der Waals surface area contributed by atoms with Gasteiger partial charge < -0.3 is 5.32 Å². The summed E-state index contributed by atoms with van der Waals surface area (Å²) in [6, 6.07) is 10.5. The molecule has 0 aliphatic carbocycles. The van der Waals surface area contributed by atoms with Gasteiger partial charge in [0, 0.05) is 30.4 Å². The van der Waals surface area contributed by atoms with Gasteiger partial charge in [0.05, 0.1) is 16.9 Å². The van der Waals surface area contributed by atoms with Crippen molar-refractivity contribution in [1.82, 2.24) is 24.7 Å². The first-order valence-corrected chi connectivity index (χ1v) is 8.61. The van der Waals surface area contributed by atoms with Crippen LogP contribution in [0.2, 0.25) is 0 Å². The van der Waals surface area contributed by atoms with Gasteiger partial charge in [-0.15, -0.1) is 0 Å². The number of nitrogens with zero attached hydrogens (tertiary/aromatic N) is 4. The Labute approximate surface area is 163 Å². The van der Waals surface area contributed by atoms with Crippen molar-refractivity contribution in [3.8, 4) is 11.3 Å². The van der Waals surface area contributed by atoms with E-state index in [0.717, 1.165) is 0 Å². The van der Waals surface area contributed by atoms with E-state index < -0.39 is 18.1 Å². The van der Waals surface area contributed by atoms with Crippen molar-refractivity contribution in [1.29, 1.82) is 0 Å². The van der Waals surface area contributed by atoms with E-state index in [1.807, 2.05) is 5.32 Å². The van der Waals surface area contributed by atoms with Crippen molar-refractivity contribution >= 4 is 11.4 Å². The van der Waals surface area contributed by atoms with E-state index in [0.29, 0.717) is 16.8 Å². The molecule has 0 saturated heterocycles. The van der Waals surface area contributed by atoms with E-state index in [1.165, 1.54) is 28.8 Å². The quantitative estimate of drug-likeness (QED) is 0.568. The highest BCUT2D eigenvalue weighted by atomic mass is 19.4. The van der Waals surface area contributed by atoms with E-state index in [2.05, 4.69) is 15.0 Å². The summed E-state index contributed by atoms with van der Waals surface area (Å²) in [5.74, 6) is -1.11. The number of hydrogen-bond acceptors (Lipinski definition) is 4. The molecule has 4 heterocycles. The third-order valence-electron chi connectivity index (χ3n) is 4.29. The van der Waals surface area contributed by atoms with Crippen LogP contribution in [0.4, 0.5) is 13.2 Å². The lowest BCUT2D eigenvalue weighted by molar-refractivity contribution is -0.156. The molecule has 4 aromatic heterocycles. The molecular formula is C20H14F3N5O. The number of alkyl halides is 3. The number of pyridine rings is 3. The number of amides is 1. The van der Waals surface area contributed by atoms with Crippen LogP contribution in [-0.4, -0.2) is 31.4 Å². The molecule has 0 bridgehead atoms. The standard InChI is InChI=1S/C20H14F3N5O/c21-20(22,23)17(14-5-1-3-9-25-14)27-19(29)18-26-16(13-7-10-24-11-8-13)15-6-2-4-12-28(15)18/h1-12,17H,(H,27,29). The maximum Gasteiger partial charge on any atom is 0.414 e. The fraction of sp³-hybridized carbons (Fsp3) is 0.100. The molecule has 0 aliphatic rings. The smallest absolute Gasteiger partial charge is 0.333 e. The van der Waals surface area contributed by atoms with Crippen molar-refractivity contribution in [2.45, 2.75) is 12.2 Å². The molecule has 0 spiro atoms. The van der Waals surface area contributed by atoms with Gasteiger partial charge in [0.15, 0.2) is 6.04 Å². The zero-order chi connectivity index (χ0) is 20.4. The van der Waals surface area contributed by atoms with Crippen LogP contribution in [0.1, 0.15) is 22.4 Å². The Kier molecular flexibility index (Phi) is 4.71. The second kappa shape index (κ2) is 7.34. The van der Waals surface area contributed by atoms with Gasteiger partial charge in [-0.1, -0.05) is 12.1 Å². The molecule has 9 heteroatoms. The Balaban J connectivity index is 1.76. The Morgan fingerprint density at radius 1 is 1.00 bits per heavy atom. The Morgan fingerprint density at radius 3 is 2.45 bits per heavy atom. The molecule has 1 atom stereocenters. The summed E-state index contributed by atoms with van der Waals surface area (Å²) in [6.45, 7) is 0. The zero-order valence-electron chi connectivity index (χ0n) is 14.8. The number of carbonyl (C=O) groups is 1. The summed E-state index contributed by atoms with van der Waals surface area (Å²) in [7, 11) is 0. The largest absolute Gasteiger partial charge is 0.414 e. The van der Waals surface area contributed by atoms with E-state index in [9.17, 15) is 18.0 Å². The average molecular weight is 397 g/mol. The maximum absolute atomic E-state index is 13.6. The normalized spacial score (nSPS) is 12.7. The summed E-state index contributed by atoms with van der Waals surface area (Å²) in [5, 5.41) is 2.02. The highest BCUT2D eigenvalue weighted by molar-refractivity contribution is 5.94. The lowest BCUT2D eigenvalue weighted by atomic mass is 10.1. The molecule has 6 nitrogen and oxygen atoms in total. The summed E-state index contributed by atoms with van der Waals surface area (Å²) in [5.41, 5.74) is 1.45. The molecule has 1 unspecified atom stereocenters. The first-order chi connectivity index (χ1) is 13.9. The molecule has 4 rings (SSSR count). The van der Waals surface area contributed by atoms with Crippen molar-refractivity contribution in [2.24, 2.45) is 0 Å². The summed E-state index contributed by atoms with van der Waals surface area (Å²) >= 11 is 0. The van der Waals surface area contributed by atoms with E-state index in [4.69, 9.17) is 0 Å². The molecule has 0 saturated carbocycles. The number of carbonyl (C=O) groups excluding carboxylic acids is 1. The van der Waals surface area contributed by atoms with E-state index in [1.54, 1.807) is 48.9 Å². The highest BCUT2D eigenvalue weighted by Crippen LogP contribution is 2.32. The molecule has 0 aliphatic heterocycles. The lowest BCUT2D eigenvalue weighted by Crippen LogP contribution is -2.39. The van der Waals surface area contributed by atoms with Crippen LogP contribution in [0, 0.1) is 0 Å². The third kappa shape index (κ3) is 3.66. The molecule has 1 N–H and O–H groups in total. The lowest BCUT2D eigenvalue weighted by Gasteiger charge is -2.20. The highest BCUT2D eigenvalue weighted by Gasteiger charge is 2.43. The van der Waals surface area contributed by atoms with Crippen LogP contribution in [0.5, 0.6) is 0 Å². The van der Waals surface area contributed by atoms with Gasteiger partial charge in [-0.05, 0) is 36.4 Å². The van der Waals surface area contributed by atoms with Crippen molar-refractivity contribution < 1.29 is 18.0 Å². The van der Waals surface area contributed by atoms with Gasteiger partial charge in [0.1, 0.15) is 0 Å². The van der Waals surface area contributed by atoms with E-state index in [-0.39, 0.29) is 11.5 Å². The summed E-state index contributed by atoms with van der Waals surface area (Å²) in [4.78, 5) is 24.8. The predicted molar refractivity (Wildman–Crippen MR) is 98.9 cm³/mol. The molecule has 4 aromatic rings. The van der Waals surface area contributed by atoms with Crippen molar-refractivity contribution in [3.63, 3.8) is 0 Å². The maximum atomic E-state index is 13.6. The van der Waals surface area contributed by atoms with Crippen LogP contribution in [0.15, 0.2) is 73.3 Å². The predicted octanol–water partition coefficient (Wildman–Crippen LogP) is 3.82.